The number of alkyl carbamates (subject to hydrolysis) is 1. The van der Waals surface area contributed by atoms with Crippen LogP contribution in [0.2, 0.25) is 0 Å². The van der Waals surface area contributed by atoms with Gasteiger partial charge in [-0.05, 0) is 19.8 Å². The van der Waals surface area contributed by atoms with Gasteiger partial charge >= 0.3 is 6.09 Å². The van der Waals surface area contributed by atoms with Crippen LogP contribution in [0.4, 0.5) is 4.79 Å². The van der Waals surface area contributed by atoms with Gasteiger partial charge in [-0.1, -0.05) is 103 Å². The summed E-state index contributed by atoms with van der Waals surface area (Å²) in [5, 5.41) is 41.4. The largest absolute Gasteiger partial charge is 0.447 e. The number of carbonyl (C=O) groups excluding carboxylic acids is 1. The Morgan fingerprint density at radius 1 is 0.727 bits per heavy atom. The van der Waals surface area contributed by atoms with Crippen molar-refractivity contribution in [3.8, 4) is 0 Å². The van der Waals surface area contributed by atoms with Gasteiger partial charge in [-0.15, -0.1) is 0 Å². The third kappa shape index (κ3) is 20.2. The minimum atomic E-state index is -1.49. The molecule has 1 rings (SSSR count). The highest BCUT2D eigenvalue weighted by molar-refractivity contribution is 5.67. The zero-order chi connectivity index (χ0) is 32.3. The molecule has 1 fully saturated rings. The minimum Gasteiger partial charge on any atom is -0.447 e. The number of hydrogen-bond acceptors (Lipinski definition) is 10. The molecule has 5 N–H and O–H groups in total. The van der Waals surface area contributed by atoms with Gasteiger partial charge in [0.15, 0.2) is 6.29 Å². The van der Waals surface area contributed by atoms with Gasteiger partial charge in [0.2, 0.25) is 0 Å². The Hall–Kier alpha value is -1.05. The van der Waals surface area contributed by atoms with E-state index >= 15 is 0 Å². The summed E-state index contributed by atoms with van der Waals surface area (Å²) in [6.07, 6.45) is 14.2. The van der Waals surface area contributed by atoms with Crippen molar-refractivity contribution >= 4 is 6.09 Å². The second kappa shape index (κ2) is 28.2. The molecule has 1 amide bonds. The van der Waals surface area contributed by atoms with Gasteiger partial charge in [0.25, 0.3) is 0 Å². The zero-order valence-electron chi connectivity index (χ0n) is 27.7. The van der Waals surface area contributed by atoms with Crippen LogP contribution < -0.4 is 5.32 Å². The highest BCUT2D eigenvalue weighted by Gasteiger charge is 2.43. The molecule has 6 atom stereocenters. The molecular weight excluding hydrogens is 570 g/mol. The van der Waals surface area contributed by atoms with Crippen molar-refractivity contribution in [1.82, 2.24) is 5.32 Å². The second-order valence-electron chi connectivity index (χ2n) is 11.9. The first-order chi connectivity index (χ1) is 21.4. The number of nitrogens with one attached hydrogen (secondary N) is 1. The number of hydrogen-bond donors (Lipinski definition) is 5. The van der Waals surface area contributed by atoms with Crippen molar-refractivity contribution in [2.75, 3.05) is 46.2 Å². The lowest BCUT2D eigenvalue weighted by Gasteiger charge is -2.39. The van der Waals surface area contributed by atoms with E-state index in [1.807, 2.05) is 6.92 Å². The van der Waals surface area contributed by atoms with E-state index in [4.69, 9.17) is 23.7 Å². The number of unbranched alkanes of at least 4 members (excludes halogenated alkanes) is 15. The van der Waals surface area contributed by atoms with Crippen LogP contribution in [-0.2, 0) is 23.7 Å². The van der Waals surface area contributed by atoms with Gasteiger partial charge in [-0.3, -0.25) is 0 Å². The Balaban J connectivity index is 1.96. The number of rotatable bonds is 29. The second-order valence-corrected chi connectivity index (χ2v) is 11.9. The molecule has 1 saturated heterocycles. The average Bonchev–Trinajstić information content (AvgIpc) is 3.02. The van der Waals surface area contributed by atoms with Gasteiger partial charge in [0.1, 0.15) is 37.1 Å². The molecule has 0 spiro atoms. The molecule has 0 radical (unpaired) electrons. The van der Waals surface area contributed by atoms with E-state index in [2.05, 4.69) is 12.2 Å². The summed E-state index contributed by atoms with van der Waals surface area (Å²) in [6, 6.07) is 0. The van der Waals surface area contributed by atoms with Crippen LogP contribution in [-0.4, -0.2) is 110 Å². The molecule has 262 valence electrons. The lowest BCUT2D eigenvalue weighted by molar-refractivity contribution is -0.301. The summed E-state index contributed by atoms with van der Waals surface area (Å²) >= 11 is 0. The van der Waals surface area contributed by atoms with Gasteiger partial charge < -0.3 is 49.4 Å². The first-order valence-corrected chi connectivity index (χ1v) is 17.5. The highest BCUT2D eigenvalue weighted by atomic mass is 16.7. The van der Waals surface area contributed by atoms with Crippen LogP contribution in [0, 0.1) is 0 Å². The van der Waals surface area contributed by atoms with Crippen LogP contribution in [0.25, 0.3) is 0 Å². The SMILES string of the molecule is CCCCCCCCCCCCCCCCCCOCC(COC(=O)NCCCO[C@H]1O[C@H](CO)[C@@H](O)[C@H](O)[C@@H]1O)OCC. The van der Waals surface area contributed by atoms with Crippen molar-refractivity contribution < 1.29 is 48.9 Å². The number of amides is 1. The molecule has 44 heavy (non-hydrogen) atoms. The maximum Gasteiger partial charge on any atom is 0.407 e. The Kier molecular flexibility index (Phi) is 26.3. The molecule has 1 aliphatic rings. The van der Waals surface area contributed by atoms with Crippen LogP contribution in [0.5, 0.6) is 0 Å². The molecule has 0 aromatic carbocycles. The molecule has 1 aliphatic heterocycles. The smallest absolute Gasteiger partial charge is 0.407 e. The van der Waals surface area contributed by atoms with E-state index in [9.17, 15) is 25.2 Å². The summed E-state index contributed by atoms with van der Waals surface area (Å²) in [6.45, 7) is 5.61. The first kappa shape index (κ1) is 41.0. The van der Waals surface area contributed by atoms with Gasteiger partial charge in [-0.2, -0.15) is 0 Å². The Morgan fingerprint density at radius 2 is 1.30 bits per heavy atom. The molecular formula is C33H65NO10. The van der Waals surface area contributed by atoms with E-state index in [1.54, 1.807) is 0 Å². The zero-order valence-corrected chi connectivity index (χ0v) is 27.7. The summed E-state index contributed by atoms with van der Waals surface area (Å²) in [5.41, 5.74) is 0. The molecule has 0 saturated carbocycles. The molecule has 0 bridgehead atoms. The Labute approximate surface area is 266 Å². The Bertz CT molecular complexity index is 656. The fourth-order valence-electron chi connectivity index (χ4n) is 5.23. The van der Waals surface area contributed by atoms with Crippen molar-refractivity contribution in [2.45, 2.75) is 160 Å². The van der Waals surface area contributed by atoms with Crippen molar-refractivity contribution in [1.29, 1.82) is 0 Å². The van der Waals surface area contributed by atoms with E-state index in [0.717, 1.165) is 12.8 Å². The normalized spacial score (nSPS) is 22.6. The third-order valence-corrected chi connectivity index (χ3v) is 7.97. The summed E-state index contributed by atoms with van der Waals surface area (Å²) in [7, 11) is 0. The van der Waals surface area contributed by atoms with Gasteiger partial charge in [0.05, 0.1) is 19.8 Å². The quantitative estimate of drug-likeness (QED) is 0.0736. The molecule has 0 aromatic rings. The van der Waals surface area contributed by atoms with E-state index in [0.29, 0.717) is 26.2 Å². The lowest BCUT2D eigenvalue weighted by atomic mass is 9.99. The van der Waals surface area contributed by atoms with Gasteiger partial charge in [0, 0.05) is 19.8 Å². The fraction of sp³-hybridized carbons (Fsp3) is 0.970. The van der Waals surface area contributed by atoms with Crippen LogP contribution in [0.1, 0.15) is 123 Å². The standard InChI is InChI=1S/C33H65NO10/c1-3-5-6-7-8-9-10-11-12-13-14-15-16-17-18-19-22-40-25-27(41-4-2)26-43-33(39)34-21-20-23-42-32-31(38)30(37)29(36)28(24-35)44-32/h27-32,35-38H,3-26H2,1-2H3,(H,34,39)/t27?,28-,29-,30+,31+,32+/m1/s1. The minimum absolute atomic E-state index is 0.0833. The van der Waals surface area contributed by atoms with Crippen molar-refractivity contribution in [3.05, 3.63) is 0 Å². The Morgan fingerprint density at radius 3 is 1.84 bits per heavy atom. The molecule has 11 heteroatoms. The average molecular weight is 636 g/mol. The molecule has 11 nitrogen and oxygen atoms in total. The van der Waals surface area contributed by atoms with E-state index in [1.165, 1.54) is 89.9 Å². The summed E-state index contributed by atoms with van der Waals surface area (Å²) < 4.78 is 27.4. The number of aliphatic hydroxyl groups is 4. The summed E-state index contributed by atoms with van der Waals surface area (Å²) in [5.74, 6) is 0. The number of carbonyl (C=O) groups is 1. The predicted molar refractivity (Wildman–Crippen MR) is 169 cm³/mol. The van der Waals surface area contributed by atoms with Crippen LogP contribution in [0.3, 0.4) is 0 Å². The number of ether oxygens (including phenoxy) is 5. The van der Waals surface area contributed by atoms with Crippen LogP contribution in [0.15, 0.2) is 0 Å². The van der Waals surface area contributed by atoms with Gasteiger partial charge in [-0.25, -0.2) is 4.79 Å². The predicted octanol–water partition coefficient (Wildman–Crippen LogP) is 4.60. The maximum absolute atomic E-state index is 12.0. The topological polar surface area (TPSA) is 156 Å². The maximum atomic E-state index is 12.0. The van der Waals surface area contributed by atoms with Crippen molar-refractivity contribution in [2.24, 2.45) is 0 Å². The summed E-state index contributed by atoms with van der Waals surface area (Å²) in [4.78, 5) is 12.0. The number of aliphatic hydroxyl groups excluding tert-OH is 4. The first-order valence-electron chi connectivity index (χ1n) is 17.5. The molecule has 0 aromatic heterocycles. The van der Waals surface area contributed by atoms with Crippen LogP contribution >= 0.6 is 0 Å². The molecule has 1 unspecified atom stereocenters. The van der Waals surface area contributed by atoms with E-state index < -0.39 is 43.4 Å². The molecule has 1 heterocycles. The molecule has 0 aliphatic carbocycles. The van der Waals surface area contributed by atoms with E-state index in [-0.39, 0.29) is 25.9 Å². The monoisotopic (exact) mass is 635 g/mol. The lowest BCUT2D eigenvalue weighted by Crippen LogP contribution is -2.59. The third-order valence-electron chi connectivity index (χ3n) is 7.97. The highest BCUT2D eigenvalue weighted by Crippen LogP contribution is 2.22. The fourth-order valence-corrected chi connectivity index (χ4v) is 5.23. The van der Waals surface area contributed by atoms with Crippen molar-refractivity contribution in [3.63, 3.8) is 0 Å².